The highest BCUT2D eigenvalue weighted by Gasteiger charge is 2.15. The fourth-order valence-corrected chi connectivity index (χ4v) is 3.80. The molecular weight excluding hydrogens is 500 g/mol. The number of carbonyl (C=O) groups is 1. The van der Waals surface area contributed by atoms with Gasteiger partial charge in [0.15, 0.2) is 5.11 Å². The summed E-state index contributed by atoms with van der Waals surface area (Å²) >= 11 is 8.80. The maximum absolute atomic E-state index is 12.9. The fourth-order valence-electron chi connectivity index (χ4n) is 3.23. The first-order valence-corrected chi connectivity index (χ1v) is 13.0. The molecule has 7 heteroatoms. The zero-order valence-electron chi connectivity index (χ0n) is 19.6. The molecule has 2 aromatic carbocycles. The minimum Gasteiger partial charge on any atom is -0.494 e. The fraction of sp³-hybridized carbons (Fsp3) is 0.462. The predicted molar refractivity (Wildman–Crippen MR) is 144 cm³/mol. The van der Waals surface area contributed by atoms with Gasteiger partial charge in [-0.15, -0.1) is 0 Å². The van der Waals surface area contributed by atoms with E-state index in [1.807, 2.05) is 30.3 Å². The Morgan fingerprint density at radius 3 is 2.30 bits per heavy atom. The highest BCUT2D eigenvalue weighted by atomic mass is 79.9. The molecule has 0 spiro atoms. The SMILES string of the molecule is CCCCCCOc1cccc(NC(=S)NC(=O)c2cc(Br)ccc2OCCCCCC)c1. The van der Waals surface area contributed by atoms with E-state index >= 15 is 0 Å². The first-order chi connectivity index (χ1) is 16.0. The average molecular weight is 536 g/mol. The number of rotatable bonds is 14. The van der Waals surface area contributed by atoms with Crippen molar-refractivity contribution in [2.24, 2.45) is 0 Å². The van der Waals surface area contributed by atoms with E-state index in [0.29, 0.717) is 24.5 Å². The lowest BCUT2D eigenvalue weighted by molar-refractivity contribution is 0.0973. The largest absolute Gasteiger partial charge is 0.494 e. The maximum atomic E-state index is 12.9. The van der Waals surface area contributed by atoms with Gasteiger partial charge in [0.05, 0.1) is 18.8 Å². The minimum atomic E-state index is -0.319. The summed E-state index contributed by atoms with van der Waals surface area (Å²) in [4.78, 5) is 12.9. The number of hydrogen-bond donors (Lipinski definition) is 2. The van der Waals surface area contributed by atoms with E-state index in [4.69, 9.17) is 21.7 Å². The van der Waals surface area contributed by atoms with Crippen LogP contribution in [0.1, 0.15) is 75.6 Å². The molecule has 0 heterocycles. The van der Waals surface area contributed by atoms with Crippen LogP contribution in [-0.2, 0) is 0 Å². The molecule has 2 N–H and O–H groups in total. The number of carbonyl (C=O) groups excluding carboxylic acids is 1. The van der Waals surface area contributed by atoms with E-state index in [1.54, 1.807) is 12.1 Å². The molecule has 0 saturated heterocycles. The second-order valence-corrected chi connectivity index (χ2v) is 9.22. The summed E-state index contributed by atoms with van der Waals surface area (Å²) in [6.45, 7) is 5.63. The van der Waals surface area contributed by atoms with Gasteiger partial charge in [-0.05, 0) is 55.4 Å². The number of amides is 1. The number of thiocarbonyl (C=S) groups is 1. The van der Waals surface area contributed by atoms with Crippen LogP contribution < -0.4 is 20.1 Å². The van der Waals surface area contributed by atoms with Crippen molar-refractivity contribution in [3.63, 3.8) is 0 Å². The molecule has 0 radical (unpaired) electrons. The van der Waals surface area contributed by atoms with E-state index in [-0.39, 0.29) is 11.0 Å². The molecule has 2 rings (SSSR count). The molecule has 5 nitrogen and oxygen atoms in total. The monoisotopic (exact) mass is 534 g/mol. The third kappa shape index (κ3) is 10.6. The van der Waals surface area contributed by atoms with E-state index < -0.39 is 0 Å². The summed E-state index contributed by atoms with van der Waals surface area (Å²) in [6, 6.07) is 13.0. The van der Waals surface area contributed by atoms with Crippen LogP contribution in [-0.4, -0.2) is 24.2 Å². The first kappa shape index (κ1) is 27.1. The van der Waals surface area contributed by atoms with Crippen molar-refractivity contribution >= 4 is 44.9 Å². The Labute approximate surface area is 211 Å². The van der Waals surface area contributed by atoms with E-state index in [9.17, 15) is 4.79 Å². The van der Waals surface area contributed by atoms with Gasteiger partial charge in [-0.25, -0.2) is 0 Å². The van der Waals surface area contributed by atoms with E-state index in [1.165, 1.54) is 32.1 Å². The quantitative estimate of drug-likeness (QED) is 0.194. The average Bonchev–Trinajstić information content (AvgIpc) is 2.79. The second-order valence-electron chi connectivity index (χ2n) is 7.89. The van der Waals surface area contributed by atoms with Crippen LogP contribution in [0.4, 0.5) is 5.69 Å². The number of ether oxygens (including phenoxy) is 2. The van der Waals surface area contributed by atoms with Gasteiger partial charge in [0.25, 0.3) is 5.91 Å². The van der Waals surface area contributed by atoms with Crippen molar-refractivity contribution in [2.45, 2.75) is 65.2 Å². The Kier molecular flexibility index (Phi) is 12.9. The molecule has 33 heavy (non-hydrogen) atoms. The lowest BCUT2D eigenvalue weighted by atomic mass is 10.2. The molecule has 1 amide bonds. The number of anilines is 1. The Morgan fingerprint density at radius 1 is 0.909 bits per heavy atom. The Balaban J connectivity index is 1.90. The molecule has 0 aromatic heterocycles. The van der Waals surface area contributed by atoms with Gasteiger partial charge in [0, 0.05) is 16.2 Å². The van der Waals surface area contributed by atoms with Crippen molar-refractivity contribution in [2.75, 3.05) is 18.5 Å². The van der Waals surface area contributed by atoms with Crippen molar-refractivity contribution in [3.05, 3.63) is 52.5 Å². The molecule has 2 aromatic rings. The number of hydrogen-bond acceptors (Lipinski definition) is 4. The summed E-state index contributed by atoms with van der Waals surface area (Å²) in [5, 5.41) is 6.03. The summed E-state index contributed by atoms with van der Waals surface area (Å²) in [7, 11) is 0. The van der Waals surface area contributed by atoms with Gasteiger partial charge < -0.3 is 14.8 Å². The van der Waals surface area contributed by atoms with Crippen LogP contribution >= 0.6 is 28.1 Å². The van der Waals surface area contributed by atoms with Crippen LogP contribution in [0.3, 0.4) is 0 Å². The Hall–Kier alpha value is -2.12. The van der Waals surface area contributed by atoms with Crippen LogP contribution in [0.5, 0.6) is 11.5 Å². The van der Waals surface area contributed by atoms with Gasteiger partial charge in [-0.1, -0.05) is 74.4 Å². The molecule has 0 aliphatic heterocycles. The molecule has 0 fully saturated rings. The van der Waals surface area contributed by atoms with Gasteiger partial charge in [0.1, 0.15) is 11.5 Å². The van der Waals surface area contributed by atoms with Crippen LogP contribution in [0.25, 0.3) is 0 Å². The van der Waals surface area contributed by atoms with Crippen molar-refractivity contribution < 1.29 is 14.3 Å². The standard InChI is InChI=1S/C26H35BrN2O3S/c1-3-5-7-9-16-31-22-13-11-12-21(19-22)28-26(33)29-25(30)23-18-20(27)14-15-24(23)32-17-10-8-6-4-2/h11-15,18-19H,3-10,16-17H2,1-2H3,(H2,28,29,30,33). The third-order valence-corrected chi connectivity index (χ3v) is 5.72. The lowest BCUT2D eigenvalue weighted by Gasteiger charge is -2.14. The van der Waals surface area contributed by atoms with Crippen LogP contribution in [0, 0.1) is 0 Å². The maximum Gasteiger partial charge on any atom is 0.261 e. The molecule has 0 saturated carbocycles. The summed E-state index contributed by atoms with van der Waals surface area (Å²) in [5.41, 5.74) is 1.20. The molecule has 0 aliphatic rings. The number of halogens is 1. The number of benzene rings is 2. The van der Waals surface area contributed by atoms with Crippen molar-refractivity contribution in [1.82, 2.24) is 5.32 Å². The number of unbranched alkanes of at least 4 members (excludes halogenated alkanes) is 6. The van der Waals surface area contributed by atoms with Gasteiger partial charge in [-0.3, -0.25) is 10.1 Å². The number of nitrogens with one attached hydrogen (secondary N) is 2. The molecule has 180 valence electrons. The van der Waals surface area contributed by atoms with Crippen LogP contribution in [0.2, 0.25) is 0 Å². The lowest BCUT2D eigenvalue weighted by Crippen LogP contribution is -2.34. The highest BCUT2D eigenvalue weighted by Crippen LogP contribution is 2.24. The molecule has 0 bridgehead atoms. The molecule has 0 atom stereocenters. The predicted octanol–water partition coefficient (Wildman–Crippen LogP) is 7.49. The summed E-state index contributed by atoms with van der Waals surface area (Å²) < 4.78 is 12.5. The second kappa shape index (κ2) is 15.7. The zero-order chi connectivity index (χ0) is 23.9. The highest BCUT2D eigenvalue weighted by molar-refractivity contribution is 9.10. The smallest absolute Gasteiger partial charge is 0.261 e. The molecule has 0 aliphatic carbocycles. The molecular formula is C26H35BrN2O3S. The van der Waals surface area contributed by atoms with Crippen molar-refractivity contribution in [3.8, 4) is 11.5 Å². The van der Waals surface area contributed by atoms with E-state index in [0.717, 1.165) is 35.2 Å². The Morgan fingerprint density at radius 2 is 1.61 bits per heavy atom. The normalized spacial score (nSPS) is 10.5. The first-order valence-electron chi connectivity index (χ1n) is 11.8. The van der Waals surface area contributed by atoms with Crippen LogP contribution in [0.15, 0.2) is 46.9 Å². The van der Waals surface area contributed by atoms with Gasteiger partial charge in [0.2, 0.25) is 0 Å². The topological polar surface area (TPSA) is 59.6 Å². The summed E-state index contributed by atoms with van der Waals surface area (Å²) in [5.74, 6) is 1.01. The molecule has 0 unspecified atom stereocenters. The third-order valence-electron chi connectivity index (χ3n) is 5.03. The van der Waals surface area contributed by atoms with Gasteiger partial charge in [-0.2, -0.15) is 0 Å². The van der Waals surface area contributed by atoms with E-state index in [2.05, 4.69) is 40.4 Å². The minimum absolute atomic E-state index is 0.217. The van der Waals surface area contributed by atoms with Gasteiger partial charge >= 0.3 is 0 Å². The van der Waals surface area contributed by atoms with Crippen molar-refractivity contribution in [1.29, 1.82) is 0 Å². The zero-order valence-corrected chi connectivity index (χ0v) is 22.0. The Bertz CT molecular complexity index is 892. The summed E-state index contributed by atoms with van der Waals surface area (Å²) in [6.07, 6.45) is 9.07.